The van der Waals surface area contributed by atoms with Gasteiger partial charge in [-0.25, -0.2) is 9.97 Å². The number of piperidine rings is 1. The predicted molar refractivity (Wildman–Crippen MR) is 81.6 cm³/mol. The summed E-state index contributed by atoms with van der Waals surface area (Å²) in [5.41, 5.74) is 6.39. The molecule has 0 radical (unpaired) electrons. The first-order valence-electron chi connectivity index (χ1n) is 7.50. The van der Waals surface area contributed by atoms with Crippen molar-refractivity contribution in [2.45, 2.75) is 46.1 Å². The molecule has 5 nitrogen and oxygen atoms in total. The highest BCUT2D eigenvalue weighted by atomic mass is 16.5. The van der Waals surface area contributed by atoms with Crippen molar-refractivity contribution in [3.8, 4) is 0 Å². The van der Waals surface area contributed by atoms with Gasteiger partial charge in [-0.05, 0) is 18.3 Å². The number of nitrogens with two attached hydrogens (primary N) is 1. The van der Waals surface area contributed by atoms with E-state index in [0.717, 1.165) is 18.9 Å². The summed E-state index contributed by atoms with van der Waals surface area (Å²) < 4.78 is 5.09. The van der Waals surface area contributed by atoms with E-state index in [9.17, 15) is 0 Å². The van der Waals surface area contributed by atoms with Crippen LogP contribution in [0.15, 0.2) is 6.07 Å². The second-order valence-electron chi connectivity index (χ2n) is 5.69. The van der Waals surface area contributed by atoms with Crippen molar-refractivity contribution in [1.82, 2.24) is 9.97 Å². The predicted octanol–water partition coefficient (Wildman–Crippen LogP) is 2.61. The van der Waals surface area contributed by atoms with Crippen LogP contribution < -0.4 is 10.6 Å². The second-order valence-corrected chi connectivity index (χ2v) is 5.69. The third-order valence-electron chi connectivity index (χ3n) is 4.70. The van der Waals surface area contributed by atoms with E-state index < -0.39 is 0 Å². The van der Waals surface area contributed by atoms with E-state index in [0.29, 0.717) is 23.7 Å². The fourth-order valence-corrected chi connectivity index (χ4v) is 3.03. The summed E-state index contributed by atoms with van der Waals surface area (Å²) in [5, 5.41) is 0. The number of rotatable bonds is 5. The lowest BCUT2D eigenvalue weighted by atomic mass is 9.74. The molecule has 0 saturated carbocycles. The Hall–Kier alpha value is -1.36. The maximum atomic E-state index is 5.87. The van der Waals surface area contributed by atoms with Crippen molar-refractivity contribution in [3.63, 3.8) is 0 Å². The van der Waals surface area contributed by atoms with Crippen LogP contribution in [0.25, 0.3) is 0 Å². The Morgan fingerprint density at radius 3 is 2.45 bits per heavy atom. The smallest absolute Gasteiger partial charge is 0.158 e. The number of methoxy groups -OCH3 is 1. The summed E-state index contributed by atoms with van der Waals surface area (Å²) in [6.07, 6.45) is 4.98. The van der Waals surface area contributed by atoms with Crippen LogP contribution in [0.2, 0.25) is 0 Å². The molecule has 5 heteroatoms. The number of aromatic nitrogens is 2. The lowest BCUT2D eigenvalue weighted by Crippen LogP contribution is -2.40. The Labute approximate surface area is 121 Å². The van der Waals surface area contributed by atoms with Crippen molar-refractivity contribution < 1.29 is 4.74 Å². The number of anilines is 2. The first-order valence-corrected chi connectivity index (χ1v) is 7.50. The van der Waals surface area contributed by atoms with Crippen LogP contribution in [0.4, 0.5) is 11.6 Å². The molecule has 20 heavy (non-hydrogen) atoms. The van der Waals surface area contributed by atoms with E-state index in [1.807, 2.05) is 6.07 Å². The molecule has 1 fully saturated rings. The van der Waals surface area contributed by atoms with Crippen molar-refractivity contribution in [3.05, 3.63) is 11.9 Å². The fourth-order valence-electron chi connectivity index (χ4n) is 3.03. The van der Waals surface area contributed by atoms with Gasteiger partial charge >= 0.3 is 0 Å². The molecule has 1 aromatic rings. The maximum Gasteiger partial charge on any atom is 0.158 e. The summed E-state index contributed by atoms with van der Waals surface area (Å²) in [6.45, 7) is 7.10. The monoisotopic (exact) mass is 278 g/mol. The zero-order valence-electron chi connectivity index (χ0n) is 12.9. The van der Waals surface area contributed by atoms with E-state index in [1.165, 1.54) is 25.7 Å². The molecule has 2 heterocycles. The molecule has 0 bridgehead atoms. The van der Waals surface area contributed by atoms with Crippen molar-refractivity contribution in [1.29, 1.82) is 0 Å². The summed E-state index contributed by atoms with van der Waals surface area (Å²) in [7, 11) is 1.64. The zero-order chi connectivity index (χ0) is 14.6. The molecular formula is C15H26N4O. The molecule has 1 aromatic heterocycles. The van der Waals surface area contributed by atoms with Crippen LogP contribution in [-0.2, 0) is 11.3 Å². The number of nitrogens with zero attached hydrogens (tertiary/aromatic N) is 3. The SMILES string of the molecule is CCC1(CC)CCN(c2cc(N)nc(COC)n2)CC1. The third-order valence-corrected chi connectivity index (χ3v) is 4.70. The van der Waals surface area contributed by atoms with E-state index in [2.05, 4.69) is 28.7 Å². The third kappa shape index (κ3) is 3.20. The molecule has 112 valence electrons. The Bertz CT molecular complexity index is 435. The van der Waals surface area contributed by atoms with Gasteiger partial charge in [-0.2, -0.15) is 0 Å². The van der Waals surface area contributed by atoms with Gasteiger partial charge in [0, 0.05) is 26.3 Å². The standard InChI is InChI=1S/C15H26N4O/c1-4-15(5-2)6-8-19(9-7-15)14-10-12(16)17-13(18-14)11-20-3/h10H,4-9,11H2,1-3H3,(H2,16,17,18). The quantitative estimate of drug-likeness (QED) is 0.897. The highest BCUT2D eigenvalue weighted by Gasteiger charge is 2.31. The minimum absolute atomic E-state index is 0.403. The molecule has 0 aromatic carbocycles. The van der Waals surface area contributed by atoms with Gasteiger partial charge in [-0.15, -0.1) is 0 Å². The Morgan fingerprint density at radius 2 is 1.90 bits per heavy atom. The van der Waals surface area contributed by atoms with Crippen LogP contribution in [-0.4, -0.2) is 30.2 Å². The molecule has 0 spiro atoms. The highest BCUT2D eigenvalue weighted by molar-refractivity contribution is 5.47. The van der Waals surface area contributed by atoms with Crippen LogP contribution >= 0.6 is 0 Å². The highest BCUT2D eigenvalue weighted by Crippen LogP contribution is 2.38. The first kappa shape index (κ1) is 15.0. The van der Waals surface area contributed by atoms with E-state index in [4.69, 9.17) is 10.5 Å². The molecule has 1 saturated heterocycles. The Morgan fingerprint density at radius 1 is 1.25 bits per heavy atom. The summed E-state index contributed by atoms with van der Waals surface area (Å²) in [5.74, 6) is 2.11. The molecule has 2 rings (SSSR count). The van der Waals surface area contributed by atoms with Crippen molar-refractivity contribution in [2.75, 3.05) is 30.8 Å². The van der Waals surface area contributed by atoms with Gasteiger partial charge in [0.05, 0.1) is 0 Å². The van der Waals surface area contributed by atoms with Crippen LogP contribution in [0.5, 0.6) is 0 Å². The van der Waals surface area contributed by atoms with E-state index in [1.54, 1.807) is 7.11 Å². The second kappa shape index (κ2) is 6.39. The summed E-state index contributed by atoms with van der Waals surface area (Å²) >= 11 is 0. The molecule has 2 N–H and O–H groups in total. The number of nitrogen functional groups attached to an aromatic ring is 1. The zero-order valence-corrected chi connectivity index (χ0v) is 12.9. The van der Waals surface area contributed by atoms with Crippen LogP contribution in [0.3, 0.4) is 0 Å². The number of hydrogen-bond acceptors (Lipinski definition) is 5. The molecule has 0 aliphatic carbocycles. The van der Waals surface area contributed by atoms with Gasteiger partial charge in [0.15, 0.2) is 5.82 Å². The first-order chi connectivity index (χ1) is 9.62. The normalized spacial score (nSPS) is 18.2. The fraction of sp³-hybridized carbons (Fsp3) is 0.733. The van der Waals surface area contributed by atoms with E-state index >= 15 is 0 Å². The lowest BCUT2D eigenvalue weighted by molar-refractivity contribution is 0.177. The molecule has 1 aliphatic rings. The Balaban J connectivity index is 2.10. The molecule has 0 atom stereocenters. The topological polar surface area (TPSA) is 64.3 Å². The molecule has 1 aliphatic heterocycles. The van der Waals surface area contributed by atoms with Crippen LogP contribution in [0, 0.1) is 5.41 Å². The number of hydrogen-bond donors (Lipinski definition) is 1. The van der Waals surface area contributed by atoms with Gasteiger partial charge in [-0.3, -0.25) is 0 Å². The van der Waals surface area contributed by atoms with Gasteiger partial charge in [0.1, 0.15) is 18.2 Å². The van der Waals surface area contributed by atoms with Gasteiger partial charge in [0.2, 0.25) is 0 Å². The van der Waals surface area contributed by atoms with Crippen LogP contribution in [0.1, 0.15) is 45.4 Å². The average molecular weight is 278 g/mol. The molecular weight excluding hydrogens is 252 g/mol. The van der Waals surface area contributed by atoms with Gasteiger partial charge in [-0.1, -0.05) is 26.7 Å². The number of ether oxygens (including phenoxy) is 1. The average Bonchev–Trinajstić information content (AvgIpc) is 2.47. The van der Waals surface area contributed by atoms with Crippen molar-refractivity contribution >= 4 is 11.6 Å². The Kier molecular flexibility index (Phi) is 4.81. The summed E-state index contributed by atoms with van der Waals surface area (Å²) in [6, 6.07) is 1.87. The minimum Gasteiger partial charge on any atom is -0.384 e. The van der Waals surface area contributed by atoms with Gasteiger partial charge < -0.3 is 15.4 Å². The summed E-state index contributed by atoms with van der Waals surface area (Å²) in [4.78, 5) is 11.1. The maximum absolute atomic E-state index is 5.87. The molecule has 0 unspecified atom stereocenters. The van der Waals surface area contributed by atoms with Gasteiger partial charge in [0.25, 0.3) is 0 Å². The lowest BCUT2D eigenvalue weighted by Gasteiger charge is -2.41. The largest absolute Gasteiger partial charge is 0.384 e. The minimum atomic E-state index is 0.403. The van der Waals surface area contributed by atoms with Crippen molar-refractivity contribution in [2.24, 2.45) is 5.41 Å². The molecule has 0 amide bonds. The van der Waals surface area contributed by atoms with E-state index in [-0.39, 0.29) is 0 Å².